The molecule has 1 fully saturated rings. The molecule has 0 aromatic carbocycles. The van der Waals surface area contributed by atoms with Crippen LogP contribution in [0.1, 0.15) is 56.3 Å². The van der Waals surface area contributed by atoms with E-state index in [0.717, 1.165) is 18.7 Å². The lowest BCUT2D eigenvalue weighted by Crippen LogP contribution is -2.10. The molecule has 1 aromatic rings. The summed E-state index contributed by atoms with van der Waals surface area (Å²) >= 11 is 0. The Kier molecular flexibility index (Phi) is 3.36. The molecule has 2 rings (SSSR count). The monoisotopic (exact) mass is 208 g/mol. The van der Waals surface area contributed by atoms with Crippen molar-refractivity contribution < 1.29 is 0 Å². The maximum Gasteiger partial charge on any atom is 0.0997 e. The minimum Gasteiger partial charge on any atom is -0.325 e. The average molecular weight is 208 g/mol. The lowest BCUT2D eigenvalue weighted by molar-refractivity contribution is 0.525. The van der Waals surface area contributed by atoms with Crippen LogP contribution in [-0.4, -0.2) is 15.0 Å². The van der Waals surface area contributed by atoms with Gasteiger partial charge in [0.05, 0.1) is 11.4 Å². The van der Waals surface area contributed by atoms with Gasteiger partial charge in [-0.25, -0.2) is 4.68 Å². The van der Waals surface area contributed by atoms with E-state index in [1.807, 2.05) is 0 Å². The summed E-state index contributed by atoms with van der Waals surface area (Å²) in [4.78, 5) is 0. The summed E-state index contributed by atoms with van der Waals surface area (Å²) in [6.07, 6.45) is 6.35. The average Bonchev–Trinajstić information content (AvgIpc) is 2.85. The van der Waals surface area contributed by atoms with Gasteiger partial charge in [-0.3, -0.25) is 0 Å². The van der Waals surface area contributed by atoms with Crippen molar-refractivity contribution in [1.82, 2.24) is 15.0 Å². The molecule has 1 heterocycles. The van der Waals surface area contributed by atoms with Crippen LogP contribution in [0.15, 0.2) is 0 Å². The van der Waals surface area contributed by atoms with Crippen molar-refractivity contribution in [2.45, 2.75) is 58.0 Å². The third-order valence-corrected chi connectivity index (χ3v) is 3.22. The largest absolute Gasteiger partial charge is 0.325 e. The van der Waals surface area contributed by atoms with Crippen LogP contribution < -0.4 is 5.73 Å². The molecule has 0 atom stereocenters. The normalized spacial score (nSPS) is 17.5. The van der Waals surface area contributed by atoms with Crippen molar-refractivity contribution in [3.8, 4) is 0 Å². The van der Waals surface area contributed by atoms with Crippen LogP contribution in [0.4, 0.5) is 0 Å². The fourth-order valence-electron chi connectivity index (χ4n) is 2.52. The van der Waals surface area contributed by atoms with Crippen LogP contribution >= 0.6 is 0 Å². The van der Waals surface area contributed by atoms with E-state index in [2.05, 4.69) is 21.9 Å². The molecular formula is C11H20N4. The molecule has 1 aliphatic rings. The Labute approximate surface area is 90.8 Å². The Bertz CT molecular complexity index is 312. The Morgan fingerprint density at radius 1 is 1.40 bits per heavy atom. The molecule has 0 radical (unpaired) electrons. The predicted octanol–water partition coefficient (Wildman–Crippen LogP) is 1.80. The summed E-state index contributed by atoms with van der Waals surface area (Å²) in [6, 6.07) is 0. The first-order valence-corrected chi connectivity index (χ1v) is 5.99. The van der Waals surface area contributed by atoms with E-state index in [-0.39, 0.29) is 0 Å². The molecule has 4 nitrogen and oxygen atoms in total. The highest BCUT2D eigenvalue weighted by Gasteiger charge is 2.24. The molecule has 0 unspecified atom stereocenters. The van der Waals surface area contributed by atoms with E-state index in [1.165, 1.54) is 31.4 Å². The van der Waals surface area contributed by atoms with Crippen LogP contribution in [0.3, 0.4) is 0 Å². The van der Waals surface area contributed by atoms with E-state index < -0.39 is 0 Å². The molecule has 0 saturated heterocycles. The van der Waals surface area contributed by atoms with E-state index >= 15 is 0 Å². The molecule has 15 heavy (non-hydrogen) atoms. The number of hydrogen-bond acceptors (Lipinski definition) is 3. The summed E-state index contributed by atoms with van der Waals surface area (Å²) in [7, 11) is 0. The zero-order valence-corrected chi connectivity index (χ0v) is 9.45. The SMILES string of the molecule is CCCn1nnc(CN)c1C1CCCC1. The Balaban J connectivity index is 2.27. The Hall–Kier alpha value is -0.900. The van der Waals surface area contributed by atoms with Gasteiger partial charge >= 0.3 is 0 Å². The second kappa shape index (κ2) is 4.75. The van der Waals surface area contributed by atoms with Crippen molar-refractivity contribution in [2.24, 2.45) is 5.73 Å². The topological polar surface area (TPSA) is 56.7 Å². The minimum absolute atomic E-state index is 0.523. The first-order valence-electron chi connectivity index (χ1n) is 5.99. The number of rotatable bonds is 4. The van der Waals surface area contributed by atoms with Crippen molar-refractivity contribution in [2.75, 3.05) is 0 Å². The first-order chi connectivity index (χ1) is 7.36. The van der Waals surface area contributed by atoms with Gasteiger partial charge in [-0.15, -0.1) is 5.10 Å². The highest BCUT2D eigenvalue weighted by atomic mass is 15.4. The molecule has 0 amide bonds. The first kappa shape index (κ1) is 10.6. The van der Waals surface area contributed by atoms with Gasteiger partial charge in [-0.05, 0) is 19.3 Å². The summed E-state index contributed by atoms with van der Waals surface area (Å²) in [5.74, 6) is 0.657. The number of nitrogens with zero attached hydrogens (tertiary/aromatic N) is 3. The van der Waals surface area contributed by atoms with Gasteiger partial charge in [0, 0.05) is 19.0 Å². The molecule has 2 N–H and O–H groups in total. The maximum absolute atomic E-state index is 5.71. The van der Waals surface area contributed by atoms with Gasteiger partial charge < -0.3 is 5.73 Å². The number of nitrogens with two attached hydrogens (primary N) is 1. The third-order valence-electron chi connectivity index (χ3n) is 3.22. The van der Waals surface area contributed by atoms with Gasteiger partial charge in [0.15, 0.2) is 0 Å². The van der Waals surface area contributed by atoms with Crippen LogP contribution in [-0.2, 0) is 13.1 Å². The van der Waals surface area contributed by atoms with Crippen LogP contribution in [0.5, 0.6) is 0 Å². The minimum atomic E-state index is 0.523. The van der Waals surface area contributed by atoms with Crippen molar-refractivity contribution >= 4 is 0 Å². The molecule has 84 valence electrons. The molecule has 1 saturated carbocycles. The number of aryl methyl sites for hydroxylation is 1. The van der Waals surface area contributed by atoms with E-state index in [1.54, 1.807) is 0 Å². The number of hydrogen-bond donors (Lipinski definition) is 1. The van der Waals surface area contributed by atoms with Gasteiger partial charge in [-0.2, -0.15) is 0 Å². The second-order valence-corrected chi connectivity index (χ2v) is 4.33. The molecule has 1 aromatic heterocycles. The van der Waals surface area contributed by atoms with E-state index in [4.69, 9.17) is 5.73 Å². The van der Waals surface area contributed by atoms with Crippen LogP contribution in [0.2, 0.25) is 0 Å². The lowest BCUT2D eigenvalue weighted by atomic mass is 10.0. The molecule has 1 aliphatic carbocycles. The molecule has 4 heteroatoms. The van der Waals surface area contributed by atoms with Crippen molar-refractivity contribution in [3.05, 3.63) is 11.4 Å². The standard InChI is InChI=1S/C11H20N4/c1-2-7-15-11(9-5-3-4-6-9)10(8-12)13-14-15/h9H,2-8,12H2,1H3. The molecule has 0 aliphatic heterocycles. The van der Waals surface area contributed by atoms with Gasteiger partial charge in [0.2, 0.25) is 0 Å². The predicted molar refractivity (Wildman–Crippen MR) is 59.4 cm³/mol. The molecular weight excluding hydrogens is 188 g/mol. The van der Waals surface area contributed by atoms with E-state index in [9.17, 15) is 0 Å². The molecule has 0 spiro atoms. The number of aromatic nitrogens is 3. The van der Waals surface area contributed by atoms with Gasteiger partial charge in [-0.1, -0.05) is 25.0 Å². The summed E-state index contributed by atoms with van der Waals surface area (Å²) in [6.45, 7) is 3.66. The van der Waals surface area contributed by atoms with E-state index in [0.29, 0.717) is 12.5 Å². The zero-order chi connectivity index (χ0) is 10.7. The Morgan fingerprint density at radius 2 is 2.13 bits per heavy atom. The maximum atomic E-state index is 5.71. The van der Waals surface area contributed by atoms with Crippen molar-refractivity contribution in [1.29, 1.82) is 0 Å². The highest BCUT2D eigenvalue weighted by Crippen LogP contribution is 2.35. The highest BCUT2D eigenvalue weighted by molar-refractivity contribution is 5.16. The summed E-state index contributed by atoms with van der Waals surface area (Å²) in [5, 5.41) is 8.39. The summed E-state index contributed by atoms with van der Waals surface area (Å²) in [5.41, 5.74) is 8.04. The van der Waals surface area contributed by atoms with Crippen molar-refractivity contribution in [3.63, 3.8) is 0 Å². The fraction of sp³-hybridized carbons (Fsp3) is 0.818. The van der Waals surface area contributed by atoms with Crippen LogP contribution in [0, 0.1) is 0 Å². The van der Waals surface area contributed by atoms with Gasteiger partial charge in [0.1, 0.15) is 0 Å². The molecule has 0 bridgehead atoms. The summed E-state index contributed by atoms with van der Waals surface area (Å²) < 4.78 is 2.07. The smallest absolute Gasteiger partial charge is 0.0997 e. The zero-order valence-electron chi connectivity index (χ0n) is 9.45. The Morgan fingerprint density at radius 3 is 2.73 bits per heavy atom. The second-order valence-electron chi connectivity index (χ2n) is 4.33. The lowest BCUT2D eigenvalue weighted by Gasteiger charge is -2.12. The quantitative estimate of drug-likeness (QED) is 0.821. The fourth-order valence-corrected chi connectivity index (χ4v) is 2.52. The van der Waals surface area contributed by atoms with Gasteiger partial charge in [0.25, 0.3) is 0 Å². The third kappa shape index (κ3) is 2.04. The van der Waals surface area contributed by atoms with Crippen LogP contribution in [0.25, 0.3) is 0 Å².